The van der Waals surface area contributed by atoms with Crippen LogP contribution in [-0.2, 0) is 16.0 Å². The van der Waals surface area contributed by atoms with E-state index in [9.17, 15) is 19.5 Å². The van der Waals surface area contributed by atoms with Crippen molar-refractivity contribution in [3.05, 3.63) is 91.4 Å². The lowest BCUT2D eigenvalue weighted by molar-refractivity contribution is -0.137. The highest BCUT2D eigenvalue weighted by molar-refractivity contribution is 5.84. The Morgan fingerprint density at radius 1 is 0.889 bits per heavy atom. The molecule has 6 nitrogen and oxygen atoms in total. The van der Waals surface area contributed by atoms with E-state index in [1.165, 1.54) is 23.6 Å². The van der Waals surface area contributed by atoms with E-state index in [1.807, 2.05) is 67.8 Å². The summed E-state index contributed by atoms with van der Waals surface area (Å²) in [6, 6.07) is 5.91. The number of carbonyl (C=O) groups is 2. The molecule has 2 aromatic carbocycles. The fourth-order valence-corrected chi connectivity index (χ4v) is 6.43. The number of aromatic nitrogens is 1. The molecule has 0 fully saturated rings. The molecule has 1 heterocycles. The van der Waals surface area contributed by atoms with Crippen molar-refractivity contribution in [3.63, 3.8) is 0 Å². The number of benzene rings is 2. The molecular formula is C37H48F2N2O4. The molecule has 1 aromatic heterocycles. The number of aryl methyl sites for hydroxylation is 6. The summed E-state index contributed by atoms with van der Waals surface area (Å²) in [5, 5.41) is 9.83. The Morgan fingerprint density at radius 3 is 2.07 bits per heavy atom. The minimum Gasteiger partial charge on any atom is -0.481 e. The number of halogens is 2. The van der Waals surface area contributed by atoms with Crippen LogP contribution in [0.15, 0.2) is 35.3 Å². The summed E-state index contributed by atoms with van der Waals surface area (Å²) >= 11 is 0. The number of rotatable bonds is 14. The fourth-order valence-electron chi connectivity index (χ4n) is 6.43. The van der Waals surface area contributed by atoms with Crippen LogP contribution >= 0.6 is 0 Å². The first-order valence-corrected chi connectivity index (χ1v) is 15.7. The molecule has 0 bridgehead atoms. The Balaban J connectivity index is 2.13. The van der Waals surface area contributed by atoms with Crippen LogP contribution in [0.25, 0.3) is 11.1 Å². The first-order chi connectivity index (χ1) is 21.0. The molecular weight excluding hydrogens is 574 g/mol. The summed E-state index contributed by atoms with van der Waals surface area (Å²) in [4.78, 5) is 41.5. The van der Waals surface area contributed by atoms with E-state index in [0.29, 0.717) is 12.0 Å². The number of carboxylic acids is 1. The maximum absolute atomic E-state index is 16.5. The number of aliphatic carboxylic acids is 1. The molecule has 2 atom stereocenters. The highest BCUT2D eigenvalue weighted by Crippen LogP contribution is 2.39. The second-order valence-electron chi connectivity index (χ2n) is 13.3. The molecule has 0 aliphatic rings. The summed E-state index contributed by atoms with van der Waals surface area (Å²) in [5.74, 6) is -4.65. The molecule has 1 unspecified atom stereocenters. The lowest BCUT2D eigenvalue weighted by atomic mass is 9.83. The molecule has 3 rings (SSSR count). The van der Waals surface area contributed by atoms with Gasteiger partial charge in [-0.1, -0.05) is 31.5 Å². The predicted octanol–water partition coefficient (Wildman–Crippen LogP) is 7.63. The highest BCUT2D eigenvalue weighted by Gasteiger charge is 2.32. The quantitative estimate of drug-likeness (QED) is 0.200. The van der Waals surface area contributed by atoms with Crippen molar-refractivity contribution in [1.82, 2.24) is 9.47 Å². The van der Waals surface area contributed by atoms with Gasteiger partial charge in [-0.05, 0) is 120 Å². The number of hydrogen-bond donors (Lipinski definition) is 1. The van der Waals surface area contributed by atoms with Gasteiger partial charge in [0.1, 0.15) is 11.6 Å². The summed E-state index contributed by atoms with van der Waals surface area (Å²) in [7, 11) is 3.98. The second kappa shape index (κ2) is 15.1. The van der Waals surface area contributed by atoms with Crippen LogP contribution in [0.2, 0.25) is 0 Å². The van der Waals surface area contributed by atoms with Crippen molar-refractivity contribution in [3.8, 4) is 11.1 Å². The lowest BCUT2D eigenvalue weighted by Crippen LogP contribution is -2.32. The van der Waals surface area contributed by atoms with Gasteiger partial charge in [-0.2, -0.15) is 0 Å². The number of Topliss-reactive ketones (excluding diaryl/α,β-unsaturated/α-hetero) is 1. The maximum Gasteiger partial charge on any atom is 0.303 e. The van der Waals surface area contributed by atoms with Crippen molar-refractivity contribution < 1.29 is 23.5 Å². The molecule has 0 aliphatic carbocycles. The summed E-state index contributed by atoms with van der Waals surface area (Å²) < 4.78 is 33.8. The minimum atomic E-state index is -1.27. The molecule has 1 N–H and O–H groups in total. The SMILES string of the molecule is Cc1cc(C)c(-c2cc(C)c(F)c([C@H](CC(=O)O)CC(=O)C(CC(C)C)n3cc(CCCN(C)C)c(C)cc3=O)c2F)c(C)c1. The number of carbonyl (C=O) groups excluding carboxylic acids is 1. The van der Waals surface area contributed by atoms with Crippen molar-refractivity contribution in [1.29, 1.82) is 0 Å². The van der Waals surface area contributed by atoms with E-state index in [0.717, 1.165) is 47.2 Å². The van der Waals surface area contributed by atoms with Gasteiger partial charge < -0.3 is 14.6 Å². The van der Waals surface area contributed by atoms with Crippen LogP contribution < -0.4 is 5.56 Å². The van der Waals surface area contributed by atoms with Crippen molar-refractivity contribution in [2.75, 3.05) is 20.6 Å². The van der Waals surface area contributed by atoms with Gasteiger partial charge in [-0.25, -0.2) is 8.78 Å². The first kappa shape index (κ1) is 35.8. The summed E-state index contributed by atoms with van der Waals surface area (Å²) in [6.07, 6.45) is 2.58. The van der Waals surface area contributed by atoms with Gasteiger partial charge in [-0.3, -0.25) is 14.4 Å². The third kappa shape index (κ3) is 8.75. The van der Waals surface area contributed by atoms with E-state index in [1.54, 1.807) is 6.20 Å². The minimum absolute atomic E-state index is 0.0220. The predicted molar refractivity (Wildman–Crippen MR) is 176 cm³/mol. The average Bonchev–Trinajstić information content (AvgIpc) is 2.90. The Kier molecular flexibility index (Phi) is 12.0. The van der Waals surface area contributed by atoms with E-state index in [2.05, 4.69) is 4.90 Å². The Hall–Kier alpha value is -3.65. The Morgan fingerprint density at radius 2 is 1.51 bits per heavy atom. The third-order valence-electron chi connectivity index (χ3n) is 8.49. The van der Waals surface area contributed by atoms with Crippen LogP contribution in [0.3, 0.4) is 0 Å². The first-order valence-electron chi connectivity index (χ1n) is 15.7. The zero-order chi connectivity index (χ0) is 33.7. The maximum atomic E-state index is 16.5. The largest absolute Gasteiger partial charge is 0.481 e. The highest BCUT2D eigenvalue weighted by atomic mass is 19.1. The summed E-state index contributed by atoms with van der Waals surface area (Å²) in [5.41, 5.74) is 4.65. The standard InChI is InChI=1S/C37H48F2N2O4/c1-21(2)13-30(41-20-27(11-10-12-40(8)9)23(4)17-32(41)43)31(42)18-28(19-33(44)45)35-36(38)26(7)16-29(37(35)39)34-24(5)14-22(3)15-25(34)6/h14-17,20-21,28,30H,10-13,18-19H2,1-9H3,(H,44,45)/t28-,30?/m0/s1. The Bertz CT molecular complexity index is 1600. The van der Waals surface area contributed by atoms with Crippen LogP contribution in [0, 0.1) is 52.2 Å². The molecule has 0 radical (unpaired) electrons. The monoisotopic (exact) mass is 622 g/mol. The molecule has 0 spiro atoms. The number of nitrogens with zero attached hydrogens (tertiary/aromatic N) is 2. The summed E-state index contributed by atoms with van der Waals surface area (Å²) in [6.45, 7) is 13.8. The van der Waals surface area contributed by atoms with E-state index >= 15 is 8.78 Å². The van der Waals surface area contributed by atoms with E-state index < -0.39 is 53.8 Å². The van der Waals surface area contributed by atoms with Crippen molar-refractivity contribution in [2.45, 2.75) is 92.5 Å². The average molecular weight is 623 g/mol. The molecule has 0 saturated heterocycles. The molecule has 3 aromatic rings. The molecule has 45 heavy (non-hydrogen) atoms. The zero-order valence-corrected chi connectivity index (χ0v) is 28.2. The van der Waals surface area contributed by atoms with Crippen LogP contribution in [0.1, 0.15) is 90.4 Å². The normalized spacial score (nSPS) is 13.0. The second-order valence-corrected chi connectivity index (χ2v) is 13.3. The smallest absolute Gasteiger partial charge is 0.303 e. The van der Waals surface area contributed by atoms with Gasteiger partial charge in [0.05, 0.1) is 12.5 Å². The van der Waals surface area contributed by atoms with Gasteiger partial charge in [0.25, 0.3) is 5.56 Å². The van der Waals surface area contributed by atoms with Gasteiger partial charge in [0, 0.05) is 35.7 Å². The van der Waals surface area contributed by atoms with E-state index in [4.69, 9.17) is 0 Å². The van der Waals surface area contributed by atoms with Crippen molar-refractivity contribution in [2.24, 2.45) is 5.92 Å². The lowest BCUT2D eigenvalue weighted by Gasteiger charge is -2.26. The molecule has 0 amide bonds. The fraction of sp³-hybridized carbons (Fsp3) is 0.486. The Labute approximate surface area is 266 Å². The van der Waals surface area contributed by atoms with Gasteiger partial charge in [0.2, 0.25) is 0 Å². The topological polar surface area (TPSA) is 79.6 Å². The number of hydrogen-bond acceptors (Lipinski definition) is 4. The van der Waals surface area contributed by atoms with Crippen LogP contribution in [-0.4, -0.2) is 47.0 Å². The molecule has 8 heteroatoms. The third-order valence-corrected chi connectivity index (χ3v) is 8.49. The van der Waals surface area contributed by atoms with Crippen LogP contribution in [0.4, 0.5) is 8.78 Å². The van der Waals surface area contributed by atoms with Gasteiger partial charge in [-0.15, -0.1) is 0 Å². The zero-order valence-electron chi connectivity index (χ0n) is 28.2. The number of ketones is 1. The molecule has 0 saturated carbocycles. The number of carboxylic acid groups (broad SMARTS) is 1. The molecule has 0 aliphatic heterocycles. The molecule has 244 valence electrons. The van der Waals surface area contributed by atoms with Crippen LogP contribution in [0.5, 0.6) is 0 Å². The van der Waals surface area contributed by atoms with E-state index in [-0.39, 0.29) is 22.6 Å². The van der Waals surface area contributed by atoms with Gasteiger partial charge in [0.15, 0.2) is 5.78 Å². The number of pyridine rings is 1. The van der Waals surface area contributed by atoms with Crippen molar-refractivity contribution >= 4 is 11.8 Å². The van der Waals surface area contributed by atoms with Gasteiger partial charge >= 0.3 is 5.97 Å².